The summed E-state index contributed by atoms with van der Waals surface area (Å²) in [7, 11) is 1.70. The molecule has 2 N–H and O–H groups in total. The van der Waals surface area contributed by atoms with Gasteiger partial charge < -0.3 is 15.2 Å². The van der Waals surface area contributed by atoms with Gasteiger partial charge in [0, 0.05) is 5.54 Å². The maximum atomic E-state index is 9.61. The standard InChI is InChI=1S/C14H21NO2/c1-11-4-5-13(17-2)12(8-11)9-14(10-16)6-3-7-15-14/h4-5,8,15-16H,3,6-7,9-10H2,1-2H3. The predicted molar refractivity (Wildman–Crippen MR) is 68.5 cm³/mol. The maximum absolute atomic E-state index is 9.61. The lowest BCUT2D eigenvalue weighted by molar-refractivity contribution is 0.176. The molecule has 1 atom stereocenters. The Morgan fingerprint density at radius 3 is 2.88 bits per heavy atom. The van der Waals surface area contributed by atoms with Crippen molar-refractivity contribution in [3.05, 3.63) is 29.3 Å². The molecule has 0 aliphatic carbocycles. The van der Waals surface area contributed by atoms with E-state index in [1.807, 2.05) is 6.07 Å². The van der Waals surface area contributed by atoms with E-state index in [4.69, 9.17) is 4.74 Å². The summed E-state index contributed by atoms with van der Waals surface area (Å²) in [5.41, 5.74) is 2.25. The zero-order valence-electron chi connectivity index (χ0n) is 10.6. The fourth-order valence-electron chi connectivity index (χ4n) is 2.62. The minimum absolute atomic E-state index is 0.152. The Bertz CT molecular complexity index is 384. The lowest BCUT2D eigenvalue weighted by Crippen LogP contribution is -2.45. The van der Waals surface area contributed by atoms with E-state index in [1.54, 1.807) is 7.11 Å². The molecule has 3 nitrogen and oxygen atoms in total. The van der Waals surface area contributed by atoms with Crippen LogP contribution in [0.4, 0.5) is 0 Å². The van der Waals surface area contributed by atoms with Gasteiger partial charge in [0.1, 0.15) is 5.75 Å². The molecule has 17 heavy (non-hydrogen) atoms. The van der Waals surface area contributed by atoms with E-state index in [0.717, 1.165) is 31.6 Å². The van der Waals surface area contributed by atoms with Crippen LogP contribution in [0, 0.1) is 6.92 Å². The van der Waals surface area contributed by atoms with Crippen molar-refractivity contribution in [2.75, 3.05) is 20.3 Å². The highest BCUT2D eigenvalue weighted by Gasteiger charge is 2.33. The summed E-state index contributed by atoms with van der Waals surface area (Å²) in [5, 5.41) is 13.0. The molecular formula is C14H21NO2. The molecule has 0 radical (unpaired) electrons. The van der Waals surface area contributed by atoms with Crippen molar-refractivity contribution in [1.82, 2.24) is 5.32 Å². The van der Waals surface area contributed by atoms with Crippen LogP contribution in [0.25, 0.3) is 0 Å². The molecule has 0 saturated carbocycles. The summed E-state index contributed by atoms with van der Waals surface area (Å²) in [5.74, 6) is 0.914. The lowest BCUT2D eigenvalue weighted by atomic mass is 9.89. The van der Waals surface area contributed by atoms with Crippen LogP contribution >= 0.6 is 0 Å². The molecule has 1 fully saturated rings. The third kappa shape index (κ3) is 2.61. The number of aliphatic hydroxyl groups excluding tert-OH is 1. The Hall–Kier alpha value is -1.06. The van der Waals surface area contributed by atoms with E-state index >= 15 is 0 Å². The van der Waals surface area contributed by atoms with Gasteiger partial charge in [0.15, 0.2) is 0 Å². The molecule has 0 amide bonds. The highest BCUT2D eigenvalue weighted by molar-refractivity contribution is 5.38. The number of hydrogen-bond donors (Lipinski definition) is 2. The fourth-order valence-corrected chi connectivity index (χ4v) is 2.62. The number of rotatable bonds is 4. The number of nitrogens with one attached hydrogen (secondary N) is 1. The van der Waals surface area contributed by atoms with Crippen LogP contribution in [0.15, 0.2) is 18.2 Å². The second-order valence-electron chi connectivity index (χ2n) is 4.96. The molecule has 3 heteroatoms. The van der Waals surface area contributed by atoms with Gasteiger partial charge in [0.05, 0.1) is 13.7 Å². The molecule has 1 unspecified atom stereocenters. The summed E-state index contributed by atoms with van der Waals surface area (Å²) in [6, 6.07) is 6.21. The number of hydrogen-bond acceptors (Lipinski definition) is 3. The lowest BCUT2D eigenvalue weighted by Gasteiger charge is -2.28. The van der Waals surface area contributed by atoms with Crippen molar-refractivity contribution in [2.24, 2.45) is 0 Å². The normalized spacial score (nSPS) is 23.9. The Morgan fingerprint density at radius 2 is 2.29 bits per heavy atom. The Kier molecular flexibility index (Phi) is 3.69. The first kappa shape index (κ1) is 12.4. The van der Waals surface area contributed by atoms with Gasteiger partial charge in [-0.2, -0.15) is 0 Å². The minimum atomic E-state index is -0.152. The first-order valence-corrected chi connectivity index (χ1v) is 6.18. The molecule has 1 heterocycles. The van der Waals surface area contributed by atoms with Gasteiger partial charge in [-0.25, -0.2) is 0 Å². The van der Waals surface area contributed by atoms with Gasteiger partial charge in [0.25, 0.3) is 0 Å². The molecule has 0 spiro atoms. The highest BCUT2D eigenvalue weighted by atomic mass is 16.5. The summed E-state index contributed by atoms with van der Waals surface area (Å²) in [6.07, 6.45) is 2.99. The first-order valence-electron chi connectivity index (χ1n) is 6.18. The van der Waals surface area contributed by atoms with Crippen LogP contribution in [0.2, 0.25) is 0 Å². The molecule has 1 aromatic carbocycles. The Balaban J connectivity index is 2.24. The van der Waals surface area contributed by atoms with E-state index in [1.165, 1.54) is 11.1 Å². The number of benzene rings is 1. The number of ether oxygens (including phenoxy) is 1. The van der Waals surface area contributed by atoms with Crippen LogP contribution in [-0.4, -0.2) is 30.9 Å². The van der Waals surface area contributed by atoms with E-state index in [2.05, 4.69) is 24.4 Å². The van der Waals surface area contributed by atoms with Gasteiger partial charge in [-0.05, 0) is 44.4 Å². The first-order chi connectivity index (χ1) is 8.19. The molecule has 1 saturated heterocycles. The average Bonchev–Trinajstić information content (AvgIpc) is 2.79. The summed E-state index contributed by atoms with van der Waals surface area (Å²) in [6.45, 7) is 3.26. The van der Waals surface area contributed by atoms with E-state index in [-0.39, 0.29) is 12.1 Å². The van der Waals surface area contributed by atoms with Gasteiger partial charge >= 0.3 is 0 Å². The molecule has 0 bridgehead atoms. The van der Waals surface area contributed by atoms with Gasteiger partial charge in [-0.15, -0.1) is 0 Å². The predicted octanol–water partition coefficient (Wildman–Crippen LogP) is 1.66. The zero-order valence-corrected chi connectivity index (χ0v) is 10.6. The molecule has 1 aliphatic heterocycles. The van der Waals surface area contributed by atoms with Crippen LogP contribution in [0.5, 0.6) is 5.75 Å². The maximum Gasteiger partial charge on any atom is 0.122 e. The van der Waals surface area contributed by atoms with Crippen molar-refractivity contribution in [2.45, 2.75) is 31.7 Å². The van der Waals surface area contributed by atoms with E-state index in [0.29, 0.717) is 0 Å². The molecule has 1 aliphatic rings. The van der Waals surface area contributed by atoms with Crippen molar-refractivity contribution >= 4 is 0 Å². The average molecular weight is 235 g/mol. The number of aryl methyl sites for hydroxylation is 1. The number of aliphatic hydroxyl groups is 1. The largest absolute Gasteiger partial charge is 0.496 e. The van der Waals surface area contributed by atoms with Gasteiger partial charge in [0.2, 0.25) is 0 Å². The molecule has 0 aromatic heterocycles. The smallest absolute Gasteiger partial charge is 0.122 e. The van der Waals surface area contributed by atoms with Crippen LogP contribution in [0.1, 0.15) is 24.0 Å². The molecular weight excluding hydrogens is 214 g/mol. The SMILES string of the molecule is COc1ccc(C)cc1CC1(CO)CCCN1. The summed E-state index contributed by atoms with van der Waals surface area (Å²) in [4.78, 5) is 0. The summed E-state index contributed by atoms with van der Waals surface area (Å²) < 4.78 is 5.39. The second kappa shape index (κ2) is 5.07. The third-order valence-corrected chi connectivity index (χ3v) is 3.60. The minimum Gasteiger partial charge on any atom is -0.496 e. The Labute approximate surface area is 103 Å². The Morgan fingerprint density at radius 1 is 1.47 bits per heavy atom. The second-order valence-corrected chi connectivity index (χ2v) is 4.96. The van der Waals surface area contributed by atoms with Crippen LogP contribution in [-0.2, 0) is 6.42 Å². The van der Waals surface area contributed by atoms with Crippen LogP contribution < -0.4 is 10.1 Å². The topological polar surface area (TPSA) is 41.5 Å². The molecule has 94 valence electrons. The van der Waals surface area contributed by atoms with Crippen molar-refractivity contribution < 1.29 is 9.84 Å². The van der Waals surface area contributed by atoms with Crippen molar-refractivity contribution in [3.63, 3.8) is 0 Å². The fraction of sp³-hybridized carbons (Fsp3) is 0.571. The highest BCUT2D eigenvalue weighted by Crippen LogP contribution is 2.29. The summed E-state index contributed by atoms with van der Waals surface area (Å²) >= 11 is 0. The van der Waals surface area contributed by atoms with E-state index < -0.39 is 0 Å². The number of methoxy groups -OCH3 is 1. The van der Waals surface area contributed by atoms with E-state index in [9.17, 15) is 5.11 Å². The third-order valence-electron chi connectivity index (χ3n) is 3.60. The zero-order chi connectivity index (χ0) is 12.3. The van der Waals surface area contributed by atoms with Gasteiger partial charge in [-0.1, -0.05) is 17.7 Å². The van der Waals surface area contributed by atoms with Crippen molar-refractivity contribution in [3.8, 4) is 5.75 Å². The van der Waals surface area contributed by atoms with Crippen molar-refractivity contribution in [1.29, 1.82) is 0 Å². The molecule has 2 rings (SSSR count). The van der Waals surface area contributed by atoms with Gasteiger partial charge in [-0.3, -0.25) is 0 Å². The monoisotopic (exact) mass is 235 g/mol. The molecule has 1 aromatic rings. The quantitative estimate of drug-likeness (QED) is 0.834. The van der Waals surface area contributed by atoms with Crippen LogP contribution in [0.3, 0.4) is 0 Å².